The van der Waals surface area contributed by atoms with E-state index in [4.69, 9.17) is 9.26 Å². The van der Waals surface area contributed by atoms with E-state index in [1.165, 1.54) is 16.6 Å². The molecule has 0 N–H and O–H groups in total. The molecule has 1 saturated carbocycles. The Labute approximate surface area is 177 Å². The van der Waals surface area contributed by atoms with Crippen LogP contribution in [0.2, 0.25) is 0 Å². The predicted octanol–water partition coefficient (Wildman–Crippen LogP) is 1.42. The molecule has 10 nitrogen and oxygen atoms in total. The van der Waals surface area contributed by atoms with Gasteiger partial charge in [-0.05, 0) is 24.0 Å². The summed E-state index contributed by atoms with van der Waals surface area (Å²) in [6, 6.07) is 8.15. The lowest BCUT2D eigenvalue weighted by Gasteiger charge is -2.21. The van der Waals surface area contributed by atoms with Crippen LogP contribution in [-0.2, 0) is 13.6 Å². The third-order valence-electron chi connectivity index (χ3n) is 6.40. The fourth-order valence-corrected chi connectivity index (χ4v) is 4.73. The third kappa shape index (κ3) is 2.89. The van der Waals surface area contributed by atoms with Gasteiger partial charge in [-0.3, -0.25) is 9.36 Å². The van der Waals surface area contributed by atoms with Crippen LogP contribution >= 0.6 is 0 Å². The number of hydrogen-bond acceptors (Lipinski definition) is 8. The van der Waals surface area contributed by atoms with Crippen LogP contribution in [0.4, 0.5) is 5.69 Å². The molecule has 1 saturated heterocycles. The normalized spacial score (nSPS) is 22.1. The Hall–Kier alpha value is -3.69. The SMILES string of the molecule is COc1cccc(N2CC3C(C2)C3c2noc(Cn3cnc4ncn(C)c4c3=O)n2)c1. The first-order valence-corrected chi connectivity index (χ1v) is 10.2. The first-order chi connectivity index (χ1) is 15.1. The van der Waals surface area contributed by atoms with E-state index in [-0.39, 0.29) is 12.1 Å². The van der Waals surface area contributed by atoms with E-state index in [0.29, 0.717) is 34.8 Å². The second-order valence-corrected chi connectivity index (χ2v) is 8.21. The maximum absolute atomic E-state index is 12.7. The molecule has 1 aromatic carbocycles. The Morgan fingerprint density at radius 1 is 1.19 bits per heavy atom. The highest BCUT2D eigenvalue weighted by atomic mass is 16.5. The predicted molar refractivity (Wildman–Crippen MR) is 111 cm³/mol. The zero-order chi connectivity index (χ0) is 21.1. The summed E-state index contributed by atoms with van der Waals surface area (Å²) >= 11 is 0. The standard InChI is InChI=1S/C21H21N7O3/c1-26-10-22-20-18(26)21(29)28(11-23-20)9-16-24-19(25-31-16)17-14-7-27(8-15(14)17)12-4-3-5-13(6-12)30-2/h3-6,10-11,14-15,17H,7-9H2,1-2H3. The molecule has 158 valence electrons. The Kier molecular flexibility index (Phi) is 3.89. The Bertz CT molecular complexity index is 1330. The summed E-state index contributed by atoms with van der Waals surface area (Å²) in [4.78, 5) is 28.0. The van der Waals surface area contributed by atoms with E-state index in [2.05, 4.69) is 37.1 Å². The van der Waals surface area contributed by atoms with Gasteiger partial charge in [0.25, 0.3) is 5.56 Å². The minimum Gasteiger partial charge on any atom is -0.497 e. The average Bonchev–Trinajstić information content (AvgIpc) is 3.21. The zero-order valence-corrected chi connectivity index (χ0v) is 17.2. The van der Waals surface area contributed by atoms with E-state index >= 15 is 0 Å². The molecule has 2 fully saturated rings. The van der Waals surface area contributed by atoms with Gasteiger partial charge in [0.15, 0.2) is 17.0 Å². The molecule has 2 unspecified atom stereocenters. The smallest absolute Gasteiger partial charge is 0.280 e. The van der Waals surface area contributed by atoms with Crippen molar-refractivity contribution in [2.24, 2.45) is 18.9 Å². The van der Waals surface area contributed by atoms with Crippen molar-refractivity contribution in [2.75, 3.05) is 25.1 Å². The molecular formula is C21H21N7O3. The fourth-order valence-electron chi connectivity index (χ4n) is 4.73. The van der Waals surface area contributed by atoms with Crippen LogP contribution in [0.1, 0.15) is 17.6 Å². The van der Waals surface area contributed by atoms with Gasteiger partial charge in [0.2, 0.25) is 5.89 Å². The summed E-state index contributed by atoms with van der Waals surface area (Å²) in [7, 11) is 3.46. The molecule has 4 heterocycles. The first kappa shape index (κ1) is 18.1. The second-order valence-electron chi connectivity index (χ2n) is 8.21. The van der Waals surface area contributed by atoms with Gasteiger partial charge < -0.3 is 18.7 Å². The number of nitrogens with zero attached hydrogens (tertiary/aromatic N) is 7. The number of aromatic nitrogens is 6. The van der Waals surface area contributed by atoms with Crippen molar-refractivity contribution in [1.29, 1.82) is 0 Å². The molecule has 0 amide bonds. The van der Waals surface area contributed by atoms with Gasteiger partial charge in [-0.1, -0.05) is 11.2 Å². The highest BCUT2D eigenvalue weighted by Gasteiger charge is 2.58. The lowest BCUT2D eigenvalue weighted by Crippen LogP contribution is -2.23. The highest BCUT2D eigenvalue weighted by molar-refractivity contribution is 5.68. The van der Waals surface area contributed by atoms with Crippen molar-refractivity contribution >= 4 is 16.9 Å². The summed E-state index contributed by atoms with van der Waals surface area (Å²) in [5.74, 6) is 3.37. The molecule has 1 aliphatic carbocycles. The zero-order valence-electron chi connectivity index (χ0n) is 17.2. The van der Waals surface area contributed by atoms with Crippen molar-refractivity contribution in [3.05, 3.63) is 59.0 Å². The van der Waals surface area contributed by atoms with Crippen LogP contribution in [0, 0.1) is 11.8 Å². The lowest BCUT2D eigenvalue weighted by atomic mass is 10.2. The van der Waals surface area contributed by atoms with E-state index in [1.807, 2.05) is 12.1 Å². The van der Waals surface area contributed by atoms with Crippen molar-refractivity contribution in [3.8, 4) is 5.75 Å². The van der Waals surface area contributed by atoms with Crippen molar-refractivity contribution in [2.45, 2.75) is 12.5 Å². The summed E-state index contributed by atoms with van der Waals surface area (Å²) in [6.07, 6.45) is 3.05. The summed E-state index contributed by atoms with van der Waals surface area (Å²) in [6.45, 7) is 2.12. The molecule has 0 radical (unpaired) electrons. The Balaban J connectivity index is 1.16. The number of methoxy groups -OCH3 is 1. The van der Waals surface area contributed by atoms with Crippen LogP contribution in [0.25, 0.3) is 11.2 Å². The summed E-state index contributed by atoms with van der Waals surface area (Å²) in [5.41, 5.74) is 1.89. The molecule has 4 aromatic rings. The van der Waals surface area contributed by atoms with E-state index in [0.717, 1.165) is 24.7 Å². The maximum Gasteiger partial charge on any atom is 0.280 e. The van der Waals surface area contributed by atoms with Crippen molar-refractivity contribution < 1.29 is 9.26 Å². The Morgan fingerprint density at radius 3 is 2.81 bits per heavy atom. The molecule has 0 spiro atoms. The number of hydrogen-bond donors (Lipinski definition) is 0. The number of anilines is 1. The molecule has 2 atom stereocenters. The van der Waals surface area contributed by atoms with Crippen LogP contribution in [0.3, 0.4) is 0 Å². The number of rotatable bonds is 5. The summed E-state index contributed by atoms with van der Waals surface area (Å²) in [5, 5.41) is 4.20. The topological polar surface area (TPSA) is 104 Å². The highest BCUT2D eigenvalue weighted by Crippen LogP contribution is 2.58. The number of aryl methyl sites for hydroxylation is 1. The quantitative estimate of drug-likeness (QED) is 0.478. The van der Waals surface area contributed by atoms with Crippen molar-refractivity contribution in [1.82, 2.24) is 29.2 Å². The Morgan fingerprint density at radius 2 is 2.00 bits per heavy atom. The van der Waals surface area contributed by atoms with Crippen LogP contribution in [0.15, 0.2) is 46.2 Å². The molecule has 0 bridgehead atoms. The molecule has 31 heavy (non-hydrogen) atoms. The van der Waals surface area contributed by atoms with Crippen LogP contribution < -0.4 is 15.2 Å². The molecule has 2 aliphatic rings. The molecule has 10 heteroatoms. The lowest BCUT2D eigenvalue weighted by molar-refractivity contribution is 0.363. The van der Waals surface area contributed by atoms with Gasteiger partial charge in [0.05, 0.1) is 13.4 Å². The number of imidazole rings is 1. The van der Waals surface area contributed by atoms with Gasteiger partial charge in [-0.15, -0.1) is 0 Å². The summed E-state index contributed by atoms with van der Waals surface area (Å²) < 4.78 is 13.9. The maximum atomic E-state index is 12.7. The van der Waals surface area contributed by atoms with Gasteiger partial charge in [-0.2, -0.15) is 4.98 Å². The van der Waals surface area contributed by atoms with Gasteiger partial charge in [-0.25, -0.2) is 9.97 Å². The first-order valence-electron chi connectivity index (χ1n) is 10.2. The largest absolute Gasteiger partial charge is 0.497 e. The molecule has 1 aliphatic heterocycles. The minimum atomic E-state index is -0.179. The van der Waals surface area contributed by atoms with Crippen LogP contribution in [-0.4, -0.2) is 49.4 Å². The van der Waals surface area contributed by atoms with Crippen molar-refractivity contribution in [3.63, 3.8) is 0 Å². The van der Waals surface area contributed by atoms with Gasteiger partial charge in [0, 0.05) is 37.8 Å². The number of ether oxygens (including phenoxy) is 1. The monoisotopic (exact) mass is 419 g/mol. The molecule has 6 rings (SSSR count). The van der Waals surface area contributed by atoms with Gasteiger partial charge in [0.1, 0.15) is 18.6 Å². The van der Waals surface area contributed by atoms with E-state index in [1.54, 1.807) is 25.1 Å². The molecular weight excluding hydrogens is 398 g/mol. The van der Waals surface area contributed by atoms with E-state index < -0.39 is 0 Å². The van der Waals surface area contributed by atoms with Gasteiger partial charge >= 0.3 is 0 Å². The average molecular weight is 419 g/mol. The van der Waals surface area contributed by atoms with E-state index in [9.17, 15) is 4.79 Å². The fraction of sp³-hybridized carbons (Fsp3) is 0.381. The molecule has 3 aromatic heterocycles. The van der Waals surface area contributed by atoms with Crippen LogP contribution in [0.5, 0.6) is 5.75 Å². The number of fused-ring (bicyclic) bond motifs is 2. The second kappa shape index (κ2) is 6.66. The third-order valence-corrected chi connectivity index (χ3v) is 6.40. The number of benzene rings is 1. The minimum absolute atomic E-state index is 0.179. The number of piperidine rings is 1.